The molecule has 0 bridgehead atoms. The number of amides is 1. The average Bonchev–Trinajstić information content (AvgIpc) is 2.66. The number of hydrogen-bond acceptors (Lipinski definition) is 4. The van der Waals surface area contributed by atoms with Gasteiger partial charge in [-0.3, -0.25) is 4.79 Å². The number of anilines is 1. The van der Waals surface area contributed by atoms with Crippen LogP contribution >= 0.6 is 11.6 Å². The van der Waals surface area contributed by atoms with Gasteiger partial charge >= 0.3 is 0 Å². The molecule has 0 radical (unpaired) electrons. The molecule has 0 unspecified atom stereocenters. The maximum atomic E-state index is 12.5. The molecule has 1 amide bonds. The van der Waals surface area contributed by atoms with Crippen LogP contribution in [0.2, 0.25) is 5.02 Å². The van der Waals surface area contributed by atoms with E-state index in [0.717, 1.165) is 11.1 Å². The van der Waals surface area contributed by atoms with Crippen LogP contribution in [-0.4, -0.2) is 19.6 Å². The first-order valence-corrected chi connectivity index (χ1v) is 8.89. The molecule has 0 spiro atoms. The molecule has 0 saturated carbocycles. The van der Waals surface area contributed by atoms with Crippen LogP contribution in [0.5, 0.6) is 11.5 Å². The van der Waals surface area contributed by atoms with Crippen LogP contribution in [0.15, 0.2) is 48.6 Å². The van der Waals surface area contributed by atoms with Gasteiger partial charge in [-0.25, -0.2) is 0 Å². The van der Waals surface area contributed by atoms with Crippen molar-refractivity contribution in [2.24, 2.45) is 0 Å². The number of methoxy groups -OCH3 is 1. The van der Waals surface area contributed by atoms with Crippen LogP contribution in [0, 0.1) is 25.2 Å². The lowest BCUT2D eigenvalue weighted by atomic mass is 10.1. The summed E-state index contributed by atoms with van der Waals surface area (Å²) in [5, 5.41) is 12.5. The Morgan fingerprint density at radius 2 is 2.07 bits per heavy atom. The highest BCUT2D eigenvalue weighted by Gasteiger charge is 2.14. The molecule has 6 heteroatoms. The van der Waals surface area contributed by atoms with Crippen LogP contribution in [0.4, 0.5) is 5.69 Å². The zero-order valence-corrected chi connectivity index (χ0v) is 16.8. The van der Waals surface area contributed by atoms with Gasteiger partial charge < -0.3 is 14.8 Å². The molecule has 0 aliphatic rings. The summed E-state index contributed by atoms with van der Waals surface area (Å²) in [7, 11) is 1.48. The van der Waals surface area contributed by atoms with Crippen molar-refractivity contribution in [3.63, 3.8) is 0 Å². The molecule has 28 heavy (non-hydrogen) atoms. The van der Waals surface area contributed by atoms with Crippen molar-refractivity contribution in [1.29, 1.82) is 5.26 Å². The fourth-order valence-electron chi connectivity index (χ4n) is 2.56. The number of ether oxygens (including phenoxy) is 2. The molecule has 2 aromatic rings. The van der Waals surface area contributed by atoms with Gasteiger partial charge in [0.15, 0.2) is 11.5 Å². The number of hydrogen-bond donors (Lipinski definition) is 1. The average molecular weight is 397 g/mol. The second kappa shape index (κ2) is 9.63. The number of nitriles is 1. The van der Waals surface area contributed by atoms with Gasteiger partial charge in [-0.15, -0.1) is 0 Å². The van der Waals surface area contributed by atoms with E-state index >= 15 is 0 Å². The normalized spacial score (nSPS) is 10.8. The molecule has 0 fully saturated rings. The minimum atomic E-state index is -0.503. The summed E-state index contributed by atoms with van der Waals surface area (Å²) in [6.07, 6.45) is 3.04. The van der Waals surface area contributed by atoms with E-state index < -0.39 is 5.91 Å². The Labute approximate surface area is 169 Å². The number of aryl methyl sites for hydroxylation is 2. The smallest absolute Gasteiger partial charge is 0.266 e. The number of benzene rings is 2. The van der Waals surface area contributed by atoms with Crippen molar-refractivity contribution in [3.05, 3.63) is 70.3 Å². The summed E-state index contributed by atoms with van der Waals surface area (Å²) in [6, 6.07) is 10.8. The molecule has 5 nitrogen and oxygen atoms in total. The third kappa shape index (κ3) is 5.15. The second-order valence-electron chi connectivity index (χ2n) is 6.08. The molecule has 0 saturated heterocycles. The quantitative estimate of drug-likeness (QED) is 0.402. The Balaban J connectivity index is 2.32. The summed E-state index contributed by atoms with van der Waals surface area (Å²) in [5.41, 5.74) is 3.14. The van der Waals surface area contributed by atoms with Gasteiger partial charge in [0.1, 0.15) is 18.2 Å². The van der Waals surface area contributed by atoms with E-state index in [0.29, 0.717) is 27.8 Å². The molecule has 2 rings (SSSR count). The van der Waals surface area contributed by atoms with Crippen LogP contribution in [-0.2, 0) is 4.79 Å². The molecule has 1 N–H and O–H groups in total. The Hall–Kier alpha value is -3.23. The van der Waals surface area contributed by atoms with Crippen molar-refractivity contribution in [2.75, 3.05) is 19.0 Å². The highest BCUT2D eigenvalue weighted by Crippen LogP contribution is 2.37. The van der Waals surface area contributed by atoms with Crippen molar-refractivity contribution in [3.8, 4) is 17.6 Å². The number of carbonyl (C=O) groups excluding carboxylic acids is 1. The number of halogens is 1. The van der Waals surface area contributed by atoms with E-state index in [9.17, 15) is 10.1 Å². The van der Waals surface area contributed by atoms with E-state index in [2.05, 4.69) is 11.9 Å². The zero-order valence-electron chi connectivity index (χ0n) is 16.0. The molecule has 0 aliphatic carbocycles. The van der Waals surface area contributed by atoms with Gasteiger partial charge in [-0.1, -0.05) is 42.0 Å². The highest BCUT2D eigenvalue weighted by atomic mass is 35.5. The number of carbonyl (C=O) groups is 1. The summed E-state index contributed by atoms with van der Waals surface area (Å²) >= 11 is 6.27. The standard InChI is InChI=1S/C22H21ClN2O3/c1-5-8-28-21-18(23)11-16(12-20(21)27-4)10-17(13-24)22(26)25-19-7-6-14(2)9-15(19)3/h5-7,9-12H,1,8H2,2-4H3,(H,25,26)/b17-10+. The van der Waals surface area contributed by atoms with Gasteiger partial charge in [0, 0.05) is 5.69 Å². The first-order chi connectivity index (χ1) is 13.4. The summed E-state index contributed by atoms with van der Waals surface area (Å²) < 4.78 is 10.8. The van der Waals surface area contributed by atoms with Gasteiger partial charge in [0.05, 0.1) is 12.1 Å². The van der Waals surface area contributed by atoms with Gasteiger partial charge in [0.2, 0.25) is 0 Å². The second-order valence-corrected chi connectivity index (χ2v) is 6.48. The van der Waals surface area contributed by atoms with E-state index in [1.54, 1.807) is 18.2 Å². The SMILES string of the molecule is C=CCOc1c(Cl)cc(/C=C(\C#N)C(=O)Nc2ccc(C)cc2C)cc1OC. The van der Waals surface area contributed by atoms with Gasteiger partial charge in [0.25, 0.3) is 5.91 Å². The molecule has 2 aromatic carbocycles. The lowest BCUT2D eigenvalue weighted by Gasteiger charge is -2.12. The van der Waals surface area contributed by atoms with Crippen LogP contribution < -0.4 is 14.8 Å². The van der Waals surface area contributed by atoms with E-state index in [-0.39, 0.29) is 12.2 Å². The number of rotatable bonds is 7. The molecule has 0 heterocycles. The van der Waals surface area contributed by atoms with Crippen molar-refractivity contribution < 1.29 is 14.3 Å². The maximum Gasteiger partial charge on any atom is 0.266 e. The van der Waals surface area contributed by atoms with Crippen molar-refractivity contribution in [1.82, 2.24) is 0 Å². The van der Waals surface area contributed by atoms with E-state index in [1.807, 2.05) is 38.1 Å². The highest BCUT2D eigenvalue weighted by molar-refractivity contribution is 6.32. The van der Waals surface area contributed by atoms with Crippen LogP contribution in [0.25, 0.3) is 6.08 Å². The monoisotopic (exact) mass is 396 g/mol. The van der Waals surface area contributed by atoms with Gasteiger partial charge in [-0.2, -0.15) is 5.26 Å². The van der Waals surface area contributed by atoms with Crippen LogP contribution in [0.1, 0.15) is 16.7 Å². The minimum absolute atomic E-state index is 0.0575. The third-order valence-electron chi connectivity index (χ3n) is 3.90. The molecule has 144 valence electrons. The fourth-order valence-corrected chi connectivity index (χ4v) is 2.84. The lowest BCUT2D eigenvalue weighted by Crippen LogP contribution is -2.14. The first-order valence-electron chi connectivity index (χ1n) is 8.51. The predicted octanol–water partition coefficient (Wildman–Crippen LogP) is 5.08. The fraction of sp³-hybridized carbons (Fsp3) is 0.182. The van der Waals surface area contributed by atoms with Crippen molar-refractivity contribution in [2.45, 2.75) is 13.8 Å². The third-order valence-corrected chi connectivity index (χ3v) is 4.18. The zero-order chi connectivity index (χ0) is 20.7. The summed E-state index contributed by atoms with van der Waals surface area (Å²) in [6.45, 7) is 7.73. The van der Waals surface area contributed by atoms with E-state index in [4.69, 9.17) is 21.1 Å². The Kier molecular flexibility index (Phi) is 7.25. The van der Waals surface area contributed by atoms with Gasteiger partial charge in [-0.05, 0) is 49.2 Å². The Morgan fingerprint density at radius 1 is 1.32 bits per heavy atom. The number of nitrogens with one attached hydrogen (secondary N) is 1. The number of nitrogens with zero attached hydrogens (tertiary/aromatic N) is 1. The largest absolute Gasteiger partial charge is 0.493 e. The molecule has 0 aliphatic heterocycles. The lowest BCUT2D eigenvalue weighted by molar-refractivity contribution is -0.112. The Bertz CT molecular complexity index is 974. The molecule has 0 atom stereocenters. The summed E-state index contributed by atoms with van der Waals surface area (Å²) in [5.74, 6) is 0.267. The maximum absolute atomic E-state index is 12.5. The molecule has 0 aromatic heterocycles. The Morgan fingerprint density at radius 3 is 2.68 bits per heavy atom. The summed E-state index contributed by atoms with van der Waals surface area (Å²) in [4.78, 5) is 12.5. The topological polar surface area (TPSA) is 71.3 Å². The predicted molar refractivity (Wildman–Crippen MR) is 112 cm³/mol. The van der Waals surface area contributed by atoms with E-state index in [1.165, 1.54) is 13.2 Å². The molecular formula is C22H21ClN2O3. The first kappa shape index (κ1) is 21.1. The van der Waals surface area contributed by atoms with Crippen LogP contribution in [0.3, 0.4) is 0 Å². The molecular weight excluding hydrogens is 376 g/mol. The minimum Gasteiger partial charge on any atom is -0.493 e. The van der Waals surface area contributed by atoms with Crippen molar-refractivity contribution >= 4 is 29.3 Å².